The van der Waals surface area contributed by atoms with Gasteiger partial charge in [0.25, 0.3) is 10.2 Å². The van der Waals surface area contributed by atoms with E-state index in [-0.39, 0.29) is 18.7 Å². The van der Waals surface area contributed by atoms with Crippen LogP contribution in [0.1, 0.15) is 45.4 Å². The second kappa shape index (κ2) is 6.68. The summed E-state index contributed by atoms with van der Waals surface area (Å²) in [6, 6.07) is -0.275. The van der Waals surface area contributed by atoms with E-state index in [0.717, 1.165) is 25.7 Å². The average Bonchev–Trinajstić information content (AvgIpc) is 2.36. The molecule has 17 heavy (non-hydrogen) atoms. The second-order valence-electron chi connectivity index (χ2n) is 4.72. The van der Waals surface area contributed by atoms with E-state index in [2.05, 4.69) is 4.72 Å². The molecule has 0 radical (unpaired) electrons. The first-order chi connectivity index (χ1) is 8.01. The van der Waals surface area contributed by atoms with Crippen LogP contribution in [0.4, 0.5) is 0 Å². The third-order valence-corrected chi connectivity index (χ3v) is 5.18. The number of rotatable bonds is 6. The molecule has 6 heteroatoms. The van der Waals surface area contributed by atoms with Gasteiger partial charge in [-0.05, 0) is 19.3 Å². The molecular weight excluding hydrogens is 240 g/mol. The van der Waals surface area contributed by atoms with Crippen LogP contribution in [-0.2, 0) is 10.2 Å². The van der Waals surface area contributed by atoms with Gasteiger partial charge >= 0.3 is 0 Å². The van der Waals surface area contributed by atoms with Crippen molar-refractivity contribution >= 4 is 10.2 Å². The summed E-state index contributed by atoms with van der Waals surface area (Å²) in [5.74, 6) is 0. The van der Waals surface area contributed by atoms with Gasteiger partial charge in [-0.1, -0.05) is 26.2 Å². The van der Waals surface area contributed by atoms with Gasteiger partial charge in [0, 0.05) is 19.1 Å². The summed E-state index contributed by atoms with van der Waals surface area (Å²) in [5, 5.41) is 9.04. The standard InChI is InChI=1S/C11H24N2O3S/c1-3-10(9-14)12-17(15,16)13(2)11-7-5-4-6-8-11/h10-12,14H,3-9H2,1-2H3. The molecule has 2 N–H and O–H groups in total. The summed E-state index contributed by atoms with van der Waals surface area (Å²) in [6.45, 7) is 1.69. The minimum absolute atomic E-state index is 0.109. The van der Waals surface area contributed by atoms with E-state index in [1.807, 2.05) is 6.92 Å². The predicted octanol–water partition coefficient (Wildman–Crippen LogP) is 0.856. The van der Waals surface area contributed by atoms with Gasteiger partial charge in [0.2, 0.25) is 0 Å². The molecule has 1 rings (SSSR count). The molecule has 0 spiro atoms. The molecule has 0 aromatic carbocycles. The van der Waals surface area contributed by atoms with Crippen LogP contribution in [0.25, 0.3) is 0 Å². The Bertz CT molecular complexity index is 309. The summed E-state index contributed by atoms with van der Waals surface area (Å²) in [7, 11) is -1.83. The molecule has 1 aliphatic rings. The minimum Gasteiger partial charge on any atom is -0.395 e. The highest BCUT2D eigenvalue weighted by molar-refractivity contribution is 7.87. The van der Waals surface area contributed by atoms with E-state index in [4.69, 9.17) is 5.11 Å². The molecule has 0 amide bonds. The first-order valence-corrected chi connectivity index (χ1v) is 7.81. The van der Waals surface area contributed by atoms with Gasteiger partial charge < -0.3 is 5.11 Å². The SMILES string of the molecule is CCC(CO)NS(=O)(=O)N(C)C1CCCCC1. The number of hydrogen-bond acceptors (Lipinski definition) is 3. The number of aliphatic hydroxyl groups is 1. The lowest BCUT2D eigenvalue weighted by molar-refractivity contribution is 0.244. The Morgan fingerprint density at radius 1 is 1.35 bits per heavy atom. The van der Waals surface area contributed by atoms with Gasteiger partial charge in [0.05, 0.1) is 6.61 Å². The van der Waals surface area contributed by atoms with Crippen LogP contribution in [0, 0.1) is 0 Å². The van der Waals surface area contributed by atoms with Crippen molar-refractivity contribution in [2.75, 3.05) is 13.7 Å². The van der Waals surface area contributed by atoms with Gasteiger partial charge in [0.15, 0.2) is 0 Å². The highest BCUT2D eigenvalue weighted by atomic mass is 32.2. The van der Waals surface area contributed by atoms with Crippen molar-refractivity contribution in [1.29, 1.82) is 0 Å². The zero-order chi connectivity index (χ0) is 12.9. The van der Waals surface area contributed by atoms with E-state index < -0.39 is 10.2 Å². The Kier molecular flexibility index (Phi) is 5.85. The number of aliphatic hydroxyl groups excluding tert-OH is 1. The second-order valence-corrected chi connectivity index (χ2v) is 6.48. The van der Waals surface area contributed by atoms with Gasteiger partial charge in [-0.2, -0.15) is 17.4 Å². The van der Waals surface area contributed by atoms with Crippen molar-refractivity contribution in [1.82, 2.24) is 9.03 Å². The lowest BCUT2D eigenvalue weighted by Gasteiger charge is -2.31. The summed E-state index contributed by atoms with van der Waals surface area (Å²) in [5.41, 5.74) is 0. The maximum Gasteiger partial charge on any atom is 0.279 e. The van der Waals surface area contributed by atoms with E-state index in [9.17, 15) is 8.42 Å². The smallest absolute Gasteiger partial charge is 0.279 e. The Morgan fingerprint density at radius 3 is 2.41 bits per heavy atom. The average molecular weight is 264 g/mol. The van der Waals surface area contributed by atoms with Crippen LogP contribution >= 0.6 is 0 Å². The quantitative estimate of drug-likeness (QED) is 0.747. The van der Waals surface area contributed by atoms with Gasteiger partial charge in [-0.15, -0.1) is 0 Å². The molecule has 0 saturated heterocycles. The van der Waals surface area contributed by atoms with Crippen molar-refractivity contribution in [3.05, 3.63) is 0 Å². The molecule has 1 saturated carbocycles. The van der Waals surface area contributed by atoms with Crippen LogP contribution in [-0.4, -0.2) is 43.6 Å². The minimum atomic E-state index is -3.46. The molecule has 0 aromatic heterocycles. The summed E-state index contributed by atoms with van der Waals surface area (Å²) in [6.07, 6.45) is 5.87. The number of nitrogens with zero attached hydrogens (tertiary/aromatic N) is 1. The molecule has 1 fully saturated rings. The van der Waals surface area contributed by atoms with Crippen molar-refractivity contribution in [3.63, 3.8) is 0 Å². The maximum atomic E-state index is 12.1. The third kappa shape index (κ3) is 4.21. The summed E-state index contributed by atoms with van der Waals surface area (Å²) < 4.78 is 28.1. The van der Waals surface area contributed by atoms with Crippen LogP contribution < -0.4 is 4.72 Å². The van der Waals surface area contributed by atoms with Crippen LogP contribution in [0.15, 0.2) is 0 Å². The van der Waals surface area contributed by atoms with Crippen molar-refractivity contribution in [2.24, 2.45) is 0 Å². The number of hydrogen-bond donors (Lipinski definition) is 2. The Hall–Kier alpha value is -0.170. The van der Waals surface area contributed by atoms with Crippen LogP contribution in [0.5, 0.6) is 0 Å². The van der Waals surface area contributed by atoms with Gasteiger partial charge in [-0.3, -0.25) is 0 Å². The lowest BCUT2D eigenvalue weighted by Crippen LogP contribution is -2.49. The van der Waals surface area contributed by atoms with Crippen molar-refractivity contribution in [2.45, 2.75) is 57.5 Å². The van der Waals surface area contributed by atoms with E-state index in [1.54, 1.807) is 7.05 Å². The molecule has 0 aliphatic heterocycles. The molecule has 0 aromatic rings. The Balaban J connectivity index is 2.61. The van der Waals surface area contributed by atoms with E-state index in [1.165, 1.54) is 10.7 Å². The summed E-state index contributed by atoms with van der Waals surface area (Å²) in [4.78, 5) is 0. The largest absolute Gasteiger partial charge is 0.395 e. The molecule has 102 valence electrons. The van der Waals surface area contributed by atoms with Crippen LogP contribution in [0.2, 0.25) is 0 Å². The highest BCUT2D eigenvalue weighted by Crippen LogP contribution is 2.23. The normalized spacial score (nSPS) is 20.7. The highest BCUT2D eigenvalue weighted by Gasteiger charge is 2.28. The van der Waals surface area contributed by atoms with Gasteiger partial charge in [-0.25, -0.2) is 0 Å². The fraction of sp³-hybridized carbons (Fsp3) is 1.00. The first kappa shape index (κ1) is 14.9. The lowest BCUT2D eigenvalue weighted by atomic mass is 9.96. The zero-order valence-corrected chi connectivity index (χ0v) is 11.5. The molecule has 0 bridgehead atoms. The zero-order valence-electron chi connectivity index (χ0n) is 10.7. The van der Waals surface area contributed by atoms with Gasteiger partial charge in [0.1, 0.15) is 0 Å². The molecule has 0 heterocycles. The molecule has 1 aliphatic carbocycles. The predicted molar refractivity (Wildman–Crippen MR) is 67.9 cm³/mol. The van der Waals surface area contributed by atoms with E-state index >= 15 is 0 Å². The fourth-order valence-electron chi connectivity index (χ4n) is 2.18. The summed E-state index contributed by atoms with van der Waals surface area (Å²) >= 11 is 0. The molecule has 1 unspecified atom stereocenters. The molecule has 5 nitrogen and oxygen atoms in total. The van der Waals surface area contributed by atoms with E-state index in [0.29, 0.717) is 6.42 Å². The third-order valence-electron chi connectivity index (χ3n) is 3.50. The Labute approximate surface area is 104 Å². The van der Waals surface area contributed by atoms with Crippen LogP contribution in [0.3, 0.4) is 0 Å². The first-order valence-electron chi connectivity index (χ1n) is 6.37. The monoisotopic (exact) mass is 264 g/mol. The number of nitrogens with one attached hydrogen (secondary N) is 1. The molecule has 1 atom stereocenters. The maximum absolute atomic E-state index is 12.1. The van der Waals surface area contributed by atoms with Crippen molar-refractivity contribution in [3.8, 4) is 0 Å². The fourth-order valence-corrected chi connectivity index (χ4v) is 3.62. The molecular formula is C11H24N2O3S. The topological polar surface area (TPSA) is 69.6 Å². The van der Waals surface area contributed by atoms with Crippen molar-refractivity contribution < 1.29 is 13.5 Å². The Morgan fingerprint density at radius 2 is 1.94 bits per heavy atom.